The van der Waals surface area contributed by atoms with Crippen LogP contribution in [0.25, 0.3) is 11.1 Å². The second kappa shape index (κ2) is 7.40. The summed E-state index contributed by atoms with van der Waals surface area (Å²) in [6, 6.07) is 8.89. The van der Waals surface area contributed by atoms with Gasteiger partial charge in [-0.25, -0.2) is 0 Å². The molecule has 2 aromatic rings. The summed E-state index contributed by atoms with van der Waals surface area (Å²) >= 11 is 0. The van der Waals surface area contributed by atoms with E-state index < -0.39 is 9.85 Å². The van der Waals surface area contributed by atoms with E-state index in [-0.39, 0.29) is 22.9 Å². The zero-order valence-corrected chi connectivity index (χ0v) is 13.2. The van der Waals surface area contributed by atoms with E-state index in [4.69, 9.17) is 9.47 Å². The maximum atomic E-state index is 11.2. The minimum atomic E-state index is -0.544. The predicted octanol–water partition coefficient (Wildman–Crippen LogP) is 3.97. The van der Waals surface area contributed by atoms with Crippen LogP contribution in [0.4, 0.5) is 11.4 Å². The highest BCUT2D eigenvalue weighted by atomic mass is 16.6. The second-order valence-electron chi connectivity index (χ2n) is 4.75. The van der Waals surface area contributed by atoms with Crippen molar-refractivity contribution in [2.75, 3.05) is 13.2 Å². The highest BCUT2D eigenvalue weighted by Crippen LogP contribution is 2.36. The Balaban J connectivity index is 2.51. The quantitative estimate of drug-likeness (QED) is 0.561. The van der Waals surface area contributed by atoms with E-state index in [9.17, 15) is 20.2 Å². The van der Waals surface area contributed by atoms with Crippen LogP contribution in [0.3, 0.4) is 0 Å². The molecule has 0 aliphatic heterocycles. The molecule has 0 fully saturated rings. The summed E-state index contributed by atoms with van der Waals surface area (Å²) in [5.41, 5.74) is 0.587. The lowest BCUT2D eigenvalue weighted by atomic mass is 10.0. The summed E-state index contributed by atoms with van der Waals surface area (Å²) in [7, 11) is 0. The van der Waals surface area contributed by atoms with Crippen LogP contribution in [0.5, 0.6) is 11.5 Å². The van der Waals surface area contributed by atoms with Crippen LogP contribution in [0.2, 0.25) is 0 Å². The SMILES string of the molecule is CCOc1ccc(-c2ccc(OCC)c([N+](=O)[O-])c2)cc1[N+](=O)[O-]. The molecular weight excluding hydrogens is 316 g/mol. The number of hydrogen-bond donors (Lipinski definition) is 0. The lowest BCUT2D eigenvalue weighted by Crippen LogP contribution is -1.99. The molecular formula is C16H16N2O6. The molecule has 2 aromatic carbocycles. The third-order valence-corrected chi connectivity index (χ3v) is 3.24. The minimum absolute atomic E-state index is 0.159. The fourth-order valence-corrected chi connectivity index (χ4v) is 2.23. The molecule has 24 heavy (non-hydrogen) atoms. The molecule has 0 N–H and O–H groups in total. The molecule has 0 saturated heterocycles. The lowest BCUT2D eigenvalue weighted by Gasteiger charge is -2.08. The summed E-state index contributed by atoms with van der Waals surface area (Å²) < 4.78 is 10.5. The van der Waals surface area contributed by atoms with Gasteiger partial charge < -0.3 is 9.47 Å². The molecule has 0 unspecified atom stereocenters. The maximum Gasteiger partial charge on any atom is 0.311 e. The maximum absolute atomic E-state index is 11.2. The van der Waals surface area contributed by atoms with Crippen molar-refractivity contribution in [2.24, 2.45) is 0 Å². The van der Waals surface area contributed by atoms with Gasteiger partial charge in [-0.1, -0.05) is 12.1 Å². The van der Waals surface area contributed by atoms with Gasteiger partial charge in [0.15, 0.2) is 11.5 Å². The summed E-state index contributed by atoms with van der Waals surface area (Å²) in [6.07, 6.45) is 0. The van der Waals surface area contributed by atoms with Crippen LogP contribution in [-0.4, -0.2) is 23.1 Å². The Hall–Kier alpha value is -3.16. The van der Waals surface area contributed by atoms with Gasteiger partial charge >= 0.3 is 11.4 Å². The summed E-state index contributed by atoms with van der Waals surface area (Å²) in [5.74, 6) is 0.318. The summed E-state index contributed by atoms with van der Waals surface area (Å²) in [6.45, 7) is 4.06. The second-order valence-corrected chi connectivity index (χ2v) is 4.75. The van der Waals surface area contributed by atoms with E-state index in [0.717, 1.165) is 0 Å². The molecule has 126 valence electrons. The van der Waals surface area contributed by atoms with Gasteiger partial charge in [-0.3, -0.25) is 20.2 Å². The molecule has 0 spiro atoms. The van der Waals surface area contributed by atoms with Gasteiger partial charge in [-0.05, 0) is 37.1 Å². The van der Waals surface area contributed by atoms with E-state index in [1.165, 1.54) is 24.3 Å². The van der Waals surface area contributed by atoms with E-state index in [1.807, 2.05) is 0 Å². The van der Waals surface area contributed by atoms with E-state index in [0.29, 0.717) is 24.3 Å². The molecule has 0 bridgehead atoms. The predicted molar refractivity (Wildman–Crippen MR) is 87.5 cm³/mol. The lowest BCUT2D eigenvalue weighted by molar-refractivity contribution is -0.386. The number of benzene rings is 2. The zero-order valence-electron chi connectivity index (χ0n) is 13.2. The van der Waals surface area contributed by atoms with Crippen molar-refractivity contribution in [3.63, 3.8) is 0 Å². The average molecular weight is 332 g/mol. The van der Waals surface area contributed by atoms with Gasteiger partial charge in [0.05, 0.1) is 23.1 Å². The number of nitrogens with zero attached hydrogens (tertiary/aromatic N) is 2. The zero-order chi connectivity index (χ0) is 17.7. The van der Waals surface area contributed by atoms with Crippen LogP contribution >= 0.6 is 0 Å². The first kappa shape index (κ1) is 17.2. The van der Waals surface area contributed by atoms with Crippen LogP contribution in [0.15, 0.2) is 36.4 Å². The fraction of sp³-hybridized carbons (Fsp3) is 0.250. The van der Waals surface area contributed by atoms with Gasteiger partial charge in [0.1, 0.15) is 0 Å². The molecule has 0 amide bonds. The third-order valence-electron chi connectivity index (χ3n) is 3.24. The minimum Gasteiger partial charge on any atom is -0.487 e. The number of nitro groups is 2. The molecule has 8 heteroatoms. The van der Waals surface area contributed by atoms with Crippen molar-refractivity contribution in [2.45, 2.75) is 13.8 Å². The van der Waals surface area contributed by atoms with E-state index in [1.54, 1.807) is 26.0 Å². The molecule has 0 aliphatic carbocycles. The van der Waals surface area contributed by atoms with Crippen molar-refractivity contribution >= 4 is 11.4 Å². The molecule has 0 heterocycles. The molecule has 0 aromatic heterocycles. The van der Waals surface area contributed by atoms with Crippen LogP contribution in [-0.2, 0) is 0 Å². The van der Waals surface area contributed by atoms with Gasteiger partial charge in [0.25, 0.3) is 0 Å². The van der Waals surface area contributed by atoms with Gasteiger partial charge in [0, 0.05) is 12.1 Å². The number of ether oxygens (including phenoxy) is 2. The standard InChI is InChI=1S/C16H16N2O6/c1-3-23-15-7-5-11(9-13(15)17(19)20)12-6-8-16(24-4-2)14(10-12)18(21)22/h5-10H,3-4H2,1-2H3. The van der Waals surface area contributed by atoms with E-state index >= 15 is 0 Å². The van der Waals surface area contributed by atoms with Crippen LogP contribution in [0.1, 0.15) is 13.8 Å². The Kier molecular flexibility index (Phi) is 5.31. The highest BCUT2D eigenvalue weighted by molar-refractivity contribution is 5.72. The van der Waals surface area contributed by atoms with Crippen molar-refractivity contribution in [1.29, 1.82) is 0 Å². The Bertz CT molecular complexity index is 710. The molecule has 8 nitrogen and oxygen atoms in total. The topological polar surface area (TPSA) is 105 Å². The smallest absolute Gasteiger partial charge is 0.311 e. The van der Waals surface area contributed by atoms with Crippen molar-refractivity contribution in [3.05, 3.63) is 56.6 Å². The van der Waals surface area contributed by atoms with E-state index in [2.05, 4.69) is 0 Å². The van der Waals surface area contributed by atoms with Gasteiger partial charge in [-0.2, -0.15) is 0 Å². The average Bonchev–Trinajstić information content (AvgIpc) is 2.55. The van der Waals surface area contributed by atoms with Crippen molar-refractivity contribution in [1.82, 2.24) is 0 Å². The molecule has 0 saturated carbocycles. The Morgan fingerprint density at radius 3 is 1.46 bits per heavy atom. The fourth-order valence-electron chi connectivity index (χ4n) is 2.23. The highest BCUT2D eigenvalue weighted by Gasteiger charge is 2.20. The monoisotopic (exact) mass is 332 g/mol. The van der Waals surface area contributed by atoms with Crippen molar-refractivity contribution in [3.8, 4) is 22.6 Å². The third kappa shape index (κ3) is 3.60. The first-order valence-corrected chi connectivity index (χ1v) is 7.30. The normalized spacial score (nSPS) is 10.2. The van der Waals surface area contributed by atoms with Crippen LogP contribution < -0.4 is 9.47 Å². The Morgan fingerprint density at radius 1 is 0.792 bits per heavy atom. The van der Waals surface area contributed by atoms with Crippen LogP contribution in [0, 0.1) is 20.2 Å². The Labute approximate surface area is 137 Å². The number of rotatable bonds is 7. The first-order valence-electron chi connectivity index (χ1n) is 7.30. The van der Waals surface area contributed by atoms with Gasteiger partial charge in [-0.15, -0.1) is 0 Å². The molecule has 2 rings (SSSR count). The largest absolute Gasteiger partial charge is 0.487 e. The van der Waals surface area contributed by atoms with Crippen molar-refractivity contribution < 1.29 is 19.3 Å². The summed E-state index contributed by atoms with van der Waals surface area (Å²) in [5, 5.41) is 22.4. The summed E-state index contributed by atoms with van der Waals surface area (Å²) in [4.78, 5) is 21.3. The molecule has 0 aliphatic rings. The molecule has 0 atom stereocenters. The molecule has 0 radical (unpaired) electrons. The number of hydrogen-bond acceptors (Lipinski definition) is 6. The van der Waals surface area contributed by atoms with Gasteiger partial charge in [0.2, 0.25) is 0 Å². The Morgan fingerprint density at radius 2 is 1.17 bits per heavy atom. The first-order chi connectivity index (χ1) is 11.5. The number of nitro benzene ring substituents is 2.